The van der Waals surface area contributed by atoms with Crippen LogP contribution in [0.4, 0.5) is 0 Å². The Morgan fingerprint density at radius 3 is 2.50 bits per heavy atom. The number of amides is 1. The van der Waals surface area contributed by atoms with Gasteiger partial charge in [-0.05, 0) is 48.7 Å². The third-order valence-electron chi connectivity index (χ3n) is 5.12. The highest BCUT2D eigenvalue weighted by molar-refractivity contribution is 7.89. The van der Waals surface area contributed by atoms with E-state index in [2.05, 4.69) is 15.4 Å². The van der Waals surface area contributed by atoms with Gasteiger partial charge in [0.05, 0.1) is 10.6 Å². The average molecular weight is 426 g/mol. The molecular formula is C21H23N5O3S. The molecule has 0 atom stereocenters. The predicted octanol–water partition coefficient (Wildman–Crippen LogP) is 2.37. The van der Waals surface area contributed by atoms with Gasteiger partial charge in [-0.1, -0.05) is 24.6 Å². The van der Waals surface area contributed by atoms with Gasteiger partial charge in [0, 0.05) is 25.2 Å². The quantitative estimate of drug-likeness (QED) is 0.654. The van der Waals surface area contributed by atoms with Gasteiger partial charge in [0.2, 0.25) is 10.0 Å². The highest BCUT2D eigenvalue weighted by atomic mass is 32.2. The maximum atomic E-state index is 12.9. The summed E-state index contributed by atoms with van der Waals surface area (Å²) in [6, 6.07) is 13.8. The molecule has 1 aliphatic heterocycles. The van der Waals surface area contributed by atoms with Gasteiger partial charge < -0.3 is 5.32 Å². The van der Waals surface area contributed by atoms with E-state index in [0.717, 1.165) is 30.5 Å². The lowest BCUT2D eigenvalue weighted by Crippen LogP contribution is -2.35. The topological polar surface area (TPSA) is 97.2 Å². The molecule has 1 aromatic heterocycles. The second-order valence-corrected chi connectivity index (χ2v) is 9.12. The average Bonchev–Trinajstić information content (AvgIpc) is 3.33. The van der Waals surface area contributed by atoms with E-state index < -0.39 is 10.0 Å². The summed E-state index contributed by atoms with van der Waals surface area (Å²) in [6.45, 7) is 1.40. The number of hydrogen-bond donors (Lipinski definition) is 1. The van der Waals surface area contributed by atoms with Crippen LogP contribution in [0.2, 0.25) is 0 Å². The largest absolute Gasteiger partial charge is 0.348 e. The molecule has 0 aliphatic carbocycles. The molecule has 1 amide bonds. The Morgan fingerprint density at radius 1 is 1.03 bits per heavy atom. The number of hydrogen-bond acceptors (Lipinski definition) is 5. The number of piperidine rings is 1. The molecule has 3 aromatic rings. The van der Waals surface area contributed by atoms with Gasteiger partial charge in [-0.2, -0.15) is 9.40 Å². The summed E-state index contributed by atoms with van der Waals surface area (Å²) >= 11 is 0. The van der Waals surface area contributed by atoms with Crippen molar-refractivity contribution in [2.45, 2.75) is 30.7 Å². The summed E-state index contributed by atoms with van der Waals surface area (Å²) < 4.78 is 28.9. The highest BCUT2D eigenvalue weighted by Crippen LogP contribution is 2.21. The number of benzene rings is 2. The lowest BCUT2D eigenvalue weighted by molar-refractivity contribution is 0.0950. The van der Waals surface area contributed by atoms with E-state index in [1.54, 1.807) is 29.2 Å². The molecule has 0 unspecified atom stereocenters. The third-order valence-corrected chi connectivity index (χ3v) is 7.02. The normalized spacial score (nSPS) is 15.1. The molecule has 1 N–H and O–H groups in total. The summed E-state index contributed by atoms with van der Waals surface area (Å²) in [4.78, 5) is 16.7. The molecule has 30 heavy (non-hydrogen) atoms. The van der Waals surface area contributed by atoms with Crippen LogP contribution in [0, 0.1) is 0 Å². The van der Waals surface area contributed by atoms with Gasteiger partial charge in [-0.3, -0.25) is 4.79 Å². The first-order chi connectivity index (χ1) is 14.5. The smallest absolute Gasteiger partial charge is 0.251 e. The summed E-state index contributed by atoms with van der Waals surface area (Å²) in [5, 5.41) is 6.92. The summed E-state index contributed by atoms with van der Waals surface area (Å²) in [5.41, 5.74) is 2.12. The van der Waals surface area contributed by atoms with E-state index in [9.17, 15) is 13.2 Å². The Morgan fingerprint density at radius 2 is 1.80 bits per heavy atom. The van der Waals surface area contributed by atoms with E-state index in [1.807, 2.05) is 24.3 Å². The van der Waals surface area contributed by atoms with Crippen LogP contribution in [0.25, 0.3) is 5.69 Å². The van der Waals surface area contributed by atoms with Gasteiger partial charge in [0.25, 0.3) is 5.91 Å². The number of sulfonamides is 1. The van der Waals surface area contributed by atoms with E-state index in [1.165, 1.54) is 16.7 Å². The zero-order valence-electron chi connectivity index (χ0n) is 16.4. The molecular weight excluding hydrogens is 402 g/mol. The van der Waals surface area contributed by atoms with Crippen molar-refractivity contribution in [3.63, 3.8) is 0 Å². The lowest BCUT2D eigenvalue weighted by atomic mass is 10.2. The Hall–Kier alpha value is -3.04. The summed E-state index contributed by atoms with van der Waals surface area (Å²) in [6.07, 6.45) is 5.87. The molecule has 0 saturated carbocycles. The van der Waals surface area contributed by atoms with Crippen LogP contribution in [-0.4, -0.2) is 46.5 Å². The minimum absolute atomic E-state index is 0.161. The molecule has 1 aliphatic rings. The number of nitrogens with zero attached hydrogens (tertiary/aromatic N) is 4. The summed E-state index contributed by atoms with van der Waals surface area (Å²) in [5.74, 6) is -0.314. The van der Waals surface area contributed by atoms with Crippen LogP contribution in [-0.2, 0) is 16.6 Å². The molecule has 0 bridgehead atoms. The fraction of sp³-hybridized carbons (Fsp3) is 0.286. The molecule has 0 radical (unpaired) electrons. The number of carbonyl (C=O) groups excluding carboxylic acids is 1. The van der Waals surface area contributed by atoms with E-state index in [0.29, 0.717) is 25.2 Å². The van der Waals surface area contributed by atoms with Crippen molar-refractivity contribution in [3.05, 3.63) is 72.3 Å². The number of rotatable bonds is 6. The van der Waals surface area contributed by atoms with Crippen LogP contribution in [0.15, 0.2) is 66.1 Å². The molecule has 0 spiro atoms. The lowest BCUT2D eigenvalue weighted by Gasteiger charge is -2.26. The Balaban J connectivity index is 1.42. The van der Waals surface area contributed by atoms with Crippen LogP contribution in [0.3, 0.4) is 0 Å². The predicted molar refractivity (Wildman–Crippen MR) is 112 cm³/mol. The van der Waals surface area contributed by atoms with Crippen LogP contribution >= 0.6 is 0 Å². The second kappa shape index (κ2) is 8.76. The first-order valence-corrected chi connectivity index (χ1v) is 11.3. The van der Waals surface area contributed by atoms with Gasteiger partial charge in [-0.15, -0.1) is 0 Å². The van der Waals surface area contributed by atoms with E-state index >= 15 is 0 Å². The van der Waals surface area contributed by atoms with Crippen LogP contribution in [0.5, 0.6) is 0 Å². The fourth-order valence-corrected chi connectivity index (χ4v) is 5.01. The Labute approximate surface area is 175 Å². The maximum Gasteiger partial charge on any atom is 0.251 e. The van der Waals surface area contributed by atoms with Crippen molar-refractivity contribution in [1.29, 1.82) is 0 Å². The van der Waals surface area contributed by atoms with E-state index in [4.69, 9.17) is 0 Å². The minimum atomic E-state index is -3.57. The van der Waals surface area contributed by atoms with Crippen molar-refractivity contribution in [3.8, 4) is 5.69 Å². The number of nitrogens with one attached hydrogen (secondary N) is 1. The van der Waals surface area contributed by atoms with Gasteiger partial charge in [0.1, 0.15) is 12.7 Å². The third kappa shape index (κ3) is 4.42. The van der Waals surface area contributed by atoms with Gasteiger partial charge in [0.15, 0.2) is 0 Å². The first-order valence-electron chi connectivity index (χ1n) is 9.86. The zero-order chi connectivity index (χ0) is 21.0. The number of carbonyl (C=O) groups is 1. The molecule has 8 nitrogen and oxygen atoms in total. The molecule has 2 heterocycles. The molecule has 1 saturated heterocycles. The molecule has 2 aromatic carbocycles. The van der Waals surface area contributed by atoms with Crippen LogP contribution < -0.4 is 5.32 Å². The number of aromatic nitrogens is 3. The first kappa shape index (κ1) is 20.2. The maximum absolute atomic E-state index is 12.9. The molecule has 4 rings (SSSR count). The summed E-state index contributed by atoms with van der Waals surface area (Å²) in [7, 11) is -3.57. The van der Waals surface area contributed by atoms with Crippen molar-refractivity contribution in [1.82, 2.24) is 24.4 Å². The van der Waals surface area contributed by atoms with Gasteiger partial charge >= 0.3 is 0 Å². The molecule has 156 valence electrons. The van der Waals surface area contributed by atoms with Crippen LogP contribution in [0.1, 0.15) is 35.2 Å². The monoisotopic (exact) mass is 425 g/mol. The molecule has 9 heteroatoms. The Kier molecular flexibility index (Phi) is 5.91. The van der Waals surface area contributed by atoms with Crippen molar-refractivity contribution >= 4 is 15.9 Å². The second-order valence-electron chi connectivity index (χ2n) is 7.18. The van der Waals surface area contributed by atoms with Crippen molar-refractivity contribution < 1.29 is 13.2 Å². The van der Waals surface area contributed by atoms with Gasteiger partial charge in [-0.25, -0.2) is 18.1 Å². The SMILES string of the molecule is O=C(NCc1ccc(-n2cncn2)cc1)c1cccc(S(=O)(=O)N2CCCCC2)c1. The highest BCUT2D eigenvalue weighted by Gasteiger charge is 2.26. The zero-order valence-corrected chi connectivity index (χ0v) is 17.3. The minimum Gasteiger partial charge on any atom is -0.348 e. The molecule has 1 fully saturated rings. The standard InChI is InChI=1S/C21H23N5O3S/c27-21(23-14-17-7-9-19(10-8-17)26-16-22-15-24-26)18-5-4-6-20(13-18)30(28,29)25-11-2-1-3-12-25/h4-10,13,15-16H,1-3,11-12,14H2,(H,23,27). The van der Waals surface area contributed by atoms with Crippen molar-refractivity contribution in [2.75, 3.05) is 13.1 Å². The van der Waals surface area contributed by atoms with Crippen molar-refractivity contribution in [2.24, 2.45) is 0 Å². The Bertz CT molecular complexity index is 1110. The fourth-order valence-electron chi connectivity index (χ4n) is 3.44. The van der Waals surface area contributed by atoms with E-state index in [-0.39, 0.29) is 10.8 Å².